The number of rotatable bonds is 14. The van der Waals surface area contributed by atoms with Crippen LogP contribution in [0.1, 0.15) is 45.4 Å². The molecule has 0 fully saturated rings. The molecule has 8 heteroatoms. The van der Waals surface area contributed by atoms with Crippen LogP contribution in [0, 0.1) is 0 Å². The van der Waals surface area contributed by atoms with Crippen LogP contribution >= 0.6 is 0 Å². The maximum Gasteiger partial charge on any atom is 0.203 e. The second-order valence-corrected chi connectivity index (χ2v) is 6.45. The van der Waals surface area contributed by atoms with Gasteiger partial charge in [-0.3, -0.25) is 0 Å². The Morgan fingerprint density at radius 1 is 0.821 bits per heavy atom. The average Bonchev–Trinajstić information content (AvgIpc) is 2.69. The van der Waals surface area contributed by atoms with Gasteiger partial charge in [0.25, 0.3) is 0 Å². The Balaban J connectivity index is 0.000000576. The van der Waals surface area contributed by atoms with Gasteiger partial charge in [-0.25, -0.2) is 0 Å². The Morgan fingerprint density at radius 2 is 1.32 bits per heavy atom. The first-order valence-electron chi connectivity index (χ1n) is 9.75. The SMILES string of the molecule is CCCCCCCCOc1c(O)cccc1O.OCC(O)COCC(O)CO. The van der Waals surface area contributed by atoms with Crippen LogP contribution in [0.5, 0.6) is 17.2 Å². The molecule has 8 nitrogen and oxygen atoms in total. The highest BCUT2D eigenvalue weighted by Crippen LogP contribution is 2.35. The van der Waals surface area contributed by atoms with Crippen LogP contribution in [-0.4, -0.2) is 75.9 Å². The predicted molar refractivity (Wildman–Crippen MR) is 106 cm³/mol. The van der Waals surface area contributed by atoms with Crippen molar-refractivity contribution >= 4 is 0 Å². The molecule has 0 aliphatic carbocycles. The van der Waals surface area contributed by atoms with Crippen molar-refractivity contribution in [3.8, 4) is 17.2 Å². The third-order valence-electron chi connectivity index (χ3n) is 3.76. The molecule has 28 heavy (non-hydrogen) atoms. The lowest BCUT2D eigenvalue weighted by Crippen LogP contribution is -2.25. The number of aliphatic hydroxyl groups is 4. The lowest BCUT2D eigenvalue weighted by Gasteiger charge is -2.10. The molecule has 0 bridgehead atoms. The van der Waals surface area contributed by atoms with Crippen molar-refractivity contribution in [2.75, 3.05) is 33.0 Å². The molecular weight excluding hydrogens is 368 g/mol. The number of aromatic hydroxyl groups is 2. The fraction of sp³-hybridized carbons (Fsp3) is 0.700. The maximum atomic E-state index is 9.48. The zero-order valence-electron chi connectivity index (χ0n) is 16.7. The number of aliphatic hydroxyl groups excluding tert-OH is 4. The molecule has 1 aromatic rings. The Morgan fingerprint density at radius 3 is 1.82 bits per heavy atom. The lowest BCUT2D eigenvalue weighted by atomic mass is 10.1. The van der Waals surface area contributed by atoms with Gasteiger partial charge in [0, 0.05) is 0 Å². The topological polar surface area (TPSA) is 140 Å². The van der Waals surface area contributed by atoms with Gasteiger partial charge in [0.05, 0.1) is 33.0 Å². The molecule has 0 spiro atoms. The average molecular weight is 405 g/mol. The Labute approximate surface area is 167 Å². The molecule has 0 amide bonds. The van der Waals surface area contributed by atoms with Crippen LogP contribution in [0.2, 0.25) is 0 Å². The number of phenolic OH excluding ortho intramolecular Hbond substituents is 2. The molecule has 0 saturated heterocycles. The molecule has 0 radical (unpaired) electrons. The van der Waals surface area contributed by atoms with E-state index in [4.69, 9.17) is 29.9 Å². The summed E-state index contributed by atoms with van der Waals surface area (Å²) in [5, 5.41) is 53.0. The lowest BCUT2D eigenvalue weighted by molar-refractivity contribution is -0.0364. The number of para-hydroxylation sites is 1. The summed E-state index contributed by atoms with van der Waals surface area (Å²) in [6.07, 6.45) is 5.30. The van der Waals surface area contributed by atoms with Crippen molar-refractivity contribution in [2.45, 2.75) is 57.7 Å². The first-order chi connectivity index (χ1) is 13.5. The second-order valence-electron chi connectivity index (χ2n) is 6.45. The first kappa shape index (κ1) is 26.4. The van der Waals surface area contributed by atoms with Crippen molar-refractivity contribution in [3.63, 3.8) is 0 Å². The highest BCUT2D eigenvalue weighted by Gasteiger charge is 2.07. The van der Waals surface area contributed by atoms with E-state index in [-0.39, 0.29) is 43.7 Å². The van der Waals surface area contributed by atoms with Crippen LogP contribution in [0.3, 0.4) is 0 Å². The van der Waals surface area contributed by atoms with E-state index in [2.05, 4.69) is 6.92 Å². The Kier molecular flexibility index (Phi) is 16.5. The molecular formula is C20H36O8. The fourth-order valence-corrected chi connectivity index (χ4v) is 2.16. The van der Waals surface area contributed by atoms with Gasteiger partial charge in [-0.1, -0.05) is 45.1 Å². The summed E-state index contributed by atoms with van der Waals surface area (Å²) in [6.45, 7) is 1.94. The monoisotopic (exact) mass is 404 g/mol. The van der Waals surface area contributed by atoms with E-state index in [1.165, 1.54) is 37.8 Å². The third kappa shape index (κ3) is 13.6. The summed E-state index contributed by atoms with van der Waals surface area (Å²) < 4.78 is 10.1. The number of hydrogen-bond donors (Lipinski definition) is 6. The van der Waals surface area contributed by atoms with E-state index in [0.29, 0.717) is 6.61 Å². The summed E-state index contributed by atoms with van der Waals surface area (Å²) in [6, 6.07) is 4.61. The van der Waals surface area contributed by atoms with E-state index < -0.39 is 12.2 Å². The number of phenols is 2. The summed E-state index contributed by atoms with van der Waals surface area (Å²) >= 11 is 0. The zero-order chi connectivity index (χ0) is 21.2. The van der Waals surface area contributed by atoms with Crippen molar-refractivity contribution < 1.29 is 40.1 Å². The molecule has 0 heterocycles. The summed E-state index contributed by atoms with van der Waals surface area (Å²) in [5.41, 5.74) is 0. The Bertz CT molecular complexity index is 453. The highest BCUT2D eigenvalue weighted by atomic mass is 16.5. The summed E-state index contributed by atoms with van der Waals surface area (Å²) in [5.74, 6) is 0.188. The van der Waals surface area contributed by atoms with E-state index >= 15 is 0 Å². The van der Waals surface area contributed by atoms with E-state index in [0.717, 1.165) is 12.8 Å². The highest BCUT2D eigenvalue weighted by molar-refractivity contribution is 5.49. The Hall–Kier alpha value is -1.58. The minimum absolute atomic E-state index is 0.00372. The van der Waals surface area contributed by atoms with Crippen LogP contribution in [0.25, 0.3) is 0 Å². The molecule has 1 rings (SSSR count). The van der Waals surface area contributed by atoms with Crippen molar-refractivity contribution in [1.29, 1.82) is 0 Å². The van der Waals surface area contributed by atoms with E-state index in [1.54, 1.807) is 6.07 Å². The van der Waals surface area contributed by atoms with Crippen LogP contribution < -0.4 is 4.74 Å². The predicted octanol–water partition coefficient (Wildman–Crippen LogP) is 1.55. The number of ether oxygens (including phenoxy) is 2. The van der Waals surface area contributed by atoms with Gasteiger partial charge in [-0.05, 0) is 18.6 Å². The van der Waals surface area contributed by atoms with E-state index in [1.807, 2.05) is 0 Å². The molecule has 0 aliphatic rings. The zero-order valence-corrected chi connectivity index (χ0v) is 16.7. The standard InChI is InChI=1S/C14H22O3.C6H14O5/c1-2-3-4-5-6-7-11-17-14-12(15)9-8-10-13(14)16;7-1-5(9)3-11-4-6(10)2-8/h8-10,15-16H,2-7,11H2,1H3;5-10H,1-4H2. The molecule has 6 N–H and O–H groups in total. The van der Waals surface area contributed by atoms with Gasteiger partial charge in [0.15, 0.2) is 11.5 Å². The maximum absolute atomic E-state index is 9.48. The molecule has 0 saturated carbocycles. The van der Waals surface area contributed by atoms with Crippen LogP contribution in [-0.2, 0) is 4.74 Å². The van der Waals surface area contributed by atoms with E-state index in [9.17, 15) is 10.2 Å². The van der Waals surface area contributed by atoms with Gasteiger partial charge in [-0.2, -0.15) is 0 Å². The fourth-order valence-electron chi connectivity index (χ4n) is 2.16. The molecule has 0 aromatic heterocycles. The molecule has 2 unspecified atom stereocenters. The van der Waals surface area contributed by atoms with Gasteiger partial charge in [0.1, 0.15) is 12.2 Å². The van der Waals surface area contributed by atoms with Gasteiger partial charge >= 0.3 is 0 Å². The molecule has 2 atom stereocenters. The number of unbranched alkanes of at least 4 members (excludes halogenated alkanes) is 5. The largest absolute Gasteiger partial charge is 0.504 e. The molecule has 0 aliphatic heterocycles. The van der Waals surface area contributed by atoms with Crippen molar-refractivity contribution in [2.24, 2.45) is 0 Å². The number of hydrogen-bond acceptors (Lipinski definition) is 8. The minimum atomic E-state index is -0.916. The quantitative estimate of drug-likeness (QED) is 0.257. The normalized spacial score (nSPS) is 12.8. The van der Waals surface area contributed by atoms with Crippen LogP contribution in [0.15, 0.2) is 18.2 Å². The molecule has 164 valence electrons. The number of benzene rings is 1. The van der Waals surface area contributed by atoms with Crippen molar-refractivity contribution in [1.82, 2.24) is 0 Å². The smallest absolute Gasteiger partial charge is 0.203 e. The summed E-state index contributed by atoms with van der Waals surface area (Å²) in [4.78, 5) is 0. The minimum Gasteiger partial charge on any atom is -0.504 e. The second kappa shape index (κ2) is 17.5. The molecule has 1 aromatic carbocycles. The van der Waals surface area contributed by atoms with Gasteiger partial charge in [0.2, 0.25) is 5.75 Å². The van der Waals surface area contributed by atoms with Crippen LogP contribution in [0.4, 0.5) is 0 Å². The first-order valence-corrected chi connectivity index (χ1v) is 9.75. The third-order valence-corrected chi connectivity index (χ3v) is 3.76. The van der Waals surface area contributed by atoms with Gasteiger partial charge in [-0.15, -0.1) is 0 Å². The van der Waals surface area contributed by atoms with Crippen molar-refractivity contribution in [3.05, 3.63) is 18.2 Å². The van der Waals surface area contributed by atoms with Gasteiger partial charge < -0.3 is 40.1 Å². The summed E-state index contributed by atoms with van der Waals surface area (Å²) in [7, 11) is 0.